The predicted octanol–water partition coefficient (Wildman–Crippen LogP) is 5.37. The summed E-state index contributed by atoms with van der Waals surface area (Å²) in [6.45, 7) is 10.8. The molecule has 1 aromatic carbocycles. The molecule has 0 bridgehead atoms. The summed E-state index contributed by atoms with van der Waals surface area (Å²) in [6.07, 6.45) is 1.98. The molecule has 2 aromatic heterocycles. The molecule has 0 radical (unpaired) electrons. The fourth-order valence-electron chi connectivity index (χ4n) is 4.00. The van der Waals surface area contributed by atoms with Gasteiger partial charge in [0, 0.05) is 17.8 Å². The Kier molecular flexibility index (Phi) is 5.84. The molecule has 150 valence electrons. The van der Waals surface area contributed by atoms with Gasteiger partial charge in [-0.1, -0.05) is 25.4 Å². The molecule has 0 saturated carbocycles. The lowest BCUT2D eigenvalue weighted by atomic mass is 9.95. The zero-order valence-corrected chi connectivity index (χ0v) is 18.2. The van der Waals surface area contributed by atoms with Crippen LogP contribution in [0.3, 0.4) is 0 Å². The van der Waals surface area contributed by atoms with Crippen LogP contribution in [-0.2, 0) is 6.54 Å². The number of nitrogens with zero attached hydrogens (tertiary/aromatic N) is 3. The summed E-state index contributed by atoms with van der Waals surface area (Å²) in [5, 5.41) is 5.40. The van der Waals surface area contributed by atoms with Crippen LogP contribution in [0.5, 0.6) is 5.75 Å². The Morgan fingerprint density at radius 3 is 2.36 bits per heavy atom. The van der Waals surface area contributed by atoms with Gasteiger partial charge in [0.2, 0.25) is 0 Å². The largest absolute Gasteiger partial charge is 0.497 e. The molecular formula is C22H28ClN3O2. The second-order valence-corrected chi connectivity index (χ2v) is 7.60. The summed E-state index contributed by atoms with van der Waals surface area (Å²) in [5.74, 6) is 1.62. The SMILES string of the molecule is CCC(CC)c1cc(C)n2nc(-c3c(C)cc(OC)cc3Cl)n(CC)c(=O)c12. The minimum Gasteiger partial charge on any atom is -0.497 e. The van der Waals surface area contributed by atoms with Gasteiger partial charge in [-0.15, -0.1) is 5.10 Å². The fourth-order valence-corrected chi connectivity index (χ4v) is 4.34. The number of fused-ring (bicyclic) bond motifs is 1. The number of hydrogen-bond acceptors (Lipinski definition) is 3. The van der Waals surface area contributed by atoms with Crippen molar-refractivity contribution in [3.05, 3.63) is 50.4 Å². The number of ether oxygens (including phenoxy) is 1. The number of halogens is 1. The van der Waals surface area contributed by atoms with E-state index in [0.717, 1.165) is 35.2 Å². The second-order valence-electron chi connectivity index (χ2n) is 7.19. The zero-order chi connectivity index (χ0) is 20.6. The van der Waals surface area contributed by atoms with Crippen LogP contribution >= 0.6 is 11.6 Å². The van der Waals surface area contributed by atoms with Crippen molar-refractivity contribution < 1.29 is 4.74 Å². The molecule has 0 N–H and O–H groups in total. The van der Waals surface area contributed by atoms with Crippen LogP contribution < -0.4 is 10.3 Å². The standard InChI is InChI=1S/C22H28ClN3O2/c1-7-15(8-2)17-11-14(5)26-20(17)22(27)25(9-3)21(24-26)19-13(4)10-16(28-6)12-18(19)23/h10-12,15H,7-9H2,1-6H3. The van der Waals surface area contributed by atoms with Crippen LogP contribution in [-0.4, -0.2) is 21.3 Å². The lowest BCUT2D eigenvalue weighted by Gasteiger charge is -2.17. The van der Waals surface area contributed by atoms with Crippen LogP contribution in [0.25, 0.3) is 16.9 Å². The predicted molar refractivity (Wildman–Crippen MR) is 115 cm³/mol. The normalized spacial score (nSPS) is 11.6. The van der Waals surface area contributed by atoms with Gasteiger partial charge < -0.3 is 4.74 Å². The van der Waals surface area contributed by atoms with Gasteiger partial charge in [0.05, 0.1) is 12.1 Å². The van der Waals surface area contributed by atoms with Gasteiger partial charge >= 0.3 is 0 Å². The van der Waals surface area contributed by atoms with E-state index in [1.54, 1.807) is 22.3 Å². The van der Waals surface area contributed by atoms with Gasteiger partial charge in [0.15, 0.2) is 5.82 Å². The molecule has 6 heteroatoms. The fraction of sp³-hybridized carbons (Fsp3) is 0.455. The van der Waals surface area contributed by atoms with Gasteiger partial charge in [-0.2, -0.15) is 0 Å². The third kappa shape index (κ3) is 3.22. The van der Waals surface area contributed by atoms with E-state index in [2.05, 4.69) is 19.9 Å². The lowest BCUT2D eigenvalue weighted by molar-refractivity contribution is 0.414. The van der Waals surface area contributed by atoms with Crippen LogP contribution in [0.15, 0.2) is 23.0 Å². The number of benzene rings is 1. The second kappa shape index (κ2) is 8.00. The van der Waals surface area contributed by atoms with Gasteiger partial charge in [0.1, 0.15) is 11.3 Å². The molecule has 0 aliphatic rings. The summed E-state index contributed by atoms with van der Waals surface area (Å²) in [4.78, 5) is 13.5. The molecule has 3 aromatic rings. The molecule has 5 nitrogen and oxygen atoms in total. The molecule has 2 heterocycles. The molecule has 0 amide bonds. The van der Waals surface area contributed by atoms with Crippen molar-refractivity contribution in [2.75, 3.05) is 7.11 Å². The van der Waals surface area contributed by atoms with E-state index in [-0.39, 0.29) is 5.56 Å². The van der Waals surface area contributed by atoms with Crippen molar-refractivity contribution >= 4 is 17.1 Å². The molecule has 28 heavy (non-hydrogen) atoms. The number of aromatic nitrogens is 3. The van der Waals surface area contributed by atoms with E-state index < -0.39 is 0 Å². The number of rotatable bonds is 6. The van der Waals surface area contributed by atoms with Crippen molar-refractivity contribution in [1.29, 1.82) is 0 Å². The monoisotopic (exact) mass is 401 g/mol. The van der Waals surface area contributed by atoms with Crippen LogP contribution in [0, 0.1) is 13.8 Å². The summed E-state index contributed by atoms with van der Waals surface area (Å²) in [7, 11) is 1.61. The first-order chi connectivity index (χ1) is 13.4. The van der Waals surface area contributed by atoms with Crippen LogP contribution in [0.2, 0.25) is 5.02 Å². The van der Waals surface area contributed by atoms with Crippen LogP contribution in [0.1, 0.15) is 56.4 Å². The highest BCUT2D eigenvalue weighted by Gasteiger charge is 2.23. The maximum absolute atomic E-state index is 13.5. The summed E-state index contributed by atoms with van der Waals surface area (Å²) in [6, 6.07) is 5.78. The zero-order valence-electron chi connectivity index (χ0n) is 17.5. The van der Waals surface area contributed by atoms with E-state index in [9.17, 15) is 4.79 Å². The summed E-state index contributed by atoms with van der Waals surface area (Å²) in [5.41, 5.74) is 4.39. The van der Waals surface area contributed by atoms with Crippen molar-refractivity contribution in [3.63, 3.8) is 0 Å². The van der Waals surface area contributed by atoms with E-state index >= 15 is 0 Å². The molecule has 0 aliphatic carbocycles. The van der Waals surface area contributed by atoms with Crippen molar-refractivity contribution in [3.8, 4) is 17.1 Å². The minimum atomic E-state index is -0.0196. The molecular weight excluding hydrogens is 374 g/mol. The molecule has 0 spiro atoms. The van der Waals surface area contributed by atoms with Gasteiger partial charge in [0.25, 0.3) is 5.56 Å². The Morgan fingerprint density at radius 2 is 1.82 bits per heavy atom. The number of hydrogen-bond donors (Lipinski definition) is 0. The minimum absolute atomic E-state index is 0.0196. The summed E-state index contributed by atoms with van der Waals surface area (Å²) >= 11 is 6.58. The lowest BCUT2D eigenvalue weighted by Crippen LogP contribution is -2.26. The Hall–Kier alpha value is -2.27. The molecule has 0 atom stereocenters. The first-order valence-corrected chi connectivity index (χ1v) is 10.2. The molecule has 3 rings (SSSR count). The van der Waals surface area contributed by atoms with E-state index in [1.807, 2.05) is 26.8 Å². The smallest absolute Gasteiger partial charge is 0.278 e. The third-order valence-corrected chi connectivity index (χ3v) is 5.84. The Balaban J connectivity index is 2.39. The first kappa shape index (κ1) is 20.5. The summed E-state index contributed by atoms with van der Waals surface area (Å²) < 4.78 is 8.82. The highest BCUT2D eigenvalue weighted by atomic mass is 35.5. The maximum Gasteiger partial charge on any atom is 0.278 e. The van der Waals surface area contributed by atoms with E-state index in [0.29, 0.717) is 34.6 Å². The van der Waals surface area contributed by atoms with Crippen molar-refractivity contribution in [1.82, 2.24) is 14.2 Å². The Morgan fingerprint density at radius 1 is 1.14 bits per heavy atom. The van der Waals surface area contributed by atoms with E-state index in [4.69, 9.17) is 21.4 Å². The topological polar surface area (TPSA) is 48.5 Å². The average molecular weight is 402 g/mol. The molecule has 0 aliphatic heterocycles. The van der Waals surface area contributed by atoms with Gasteiger partial charge in [-0.3, -0.25) is 9.36 Å². The Labute approximate surface area is 170 Å². The number of methoxy groups -OCH3 is 1. The van der Waals surface area contributed by atoms with Crippen LogP contribution in [0.4, 0.5) is 0 Å². The highest BCUT2D eigenvalue weighted by molar-refractivity contribution is 6.33. The molecule has 0 fully saturated rings. The number of aryl methyl sites for hydroxylation is 2. The van der Waals surface area contributed by atoms with Gasteiger partial charge in [-0.05, 0) is 68.9 Å². The average Bonchev–Trinajstić information content (AvgIpc) is 2.99. The highest BCUT2D eigenvalue weighted by Crippen LogP contribution is 2.34. The Bertz CT molecular complexity index is 1050. The molecule has 0 saturated heterocycles. The van der Waals surface area contributed by atoms with Crippen molar-refractivity contribution in [2.45, 2.75) is 59.9 Å². The molecule has 0 unspecified atom stereocenters. The third-order valence-electron chi connectivity index (χ3n) is 5.54. The van der Waals surface area contributed by atoms with Gasteiger partial charge in [-0.25, -0.2) is 4.52 Å². The van der Waals surface area contributed by atoms with E-state index in [1.165, 1.54) is 0 Å². The first-order valence-electron chi connectivity index (χ1n) is 9.85. The quantitative estimate of drug-likeness (QED) is 0.558. The maximum atomic E-state index is 13.5. The van der Waals surface area contributed by atoms with Crippen molar-refractivity contribution in [2.24, 2.45) is 0 Å².